The van der Waals surface area contributed by atoms with Crippen LogP contribution in [0.3, 0.4) is 0 Å². The Morgan fingerprint density at radius 1 is 1.15 bits per heavy atom. The number of ketones is 1. The molecule has 0 aliphatic carbocycles. The van der Waals surface area contributed by atoms with Crippen molar-refractivity contribution in [1.29, 1.82) is 0 Å². The van der Waals surface area contributed by atoms with Gasteiger partial charge in [-0.05, 0) is 45.0 Å². The second kappa shape index (κ2) is 5.38. The van der Waals surface area contributed by atoms with Crippen molar-refractivity contribution in [1.82, 2.24) is 0 Å². The highest BCUT2D eigenvalue weighted by Gasteiger charge is 2.21. The van der Waals surface area contributed by atoms with E-state index in [-0.39, 0.29) is 21.3 Å². The first-order chi connectivity index (χ1) is 9.29. The molecule has 2 aromatic rings. The van der Waals surface area contributed by atoms with Gasteiger partial charge in [0.15, 0.2) is 15.7 Å². The predicted octanol–water partition coefficient (Wildman–Crippen LogP) is 3.34. The molecule has 1 heterocycles. The third kappa shape index (κ3) is 3.08. The van der Waals surface area contributed by atoms with Gasteiger partial charge in [0.05, 0.1) is 5.56 Å². The lowest BCUT2D eigenvalue weighted by molar-refractivity contribution is 0.101. The summed E-state index contributed by atoms with van der Waals surface area (Å²) in [5.41, 5.74) is 1.13. The summed E-state index contributed by atoms with van der Waals surface area (Å²) in [6.07, 6.45) is 0. The summed E-state index contributed by atoms with van der Waals surface area (Å²) in [4.78, 5) is 12.5. The molecule has 6 heteroatoms. The standard InChI is InChI=1S/C14H14O4S2/c1-9-4-6-13(12(8-9)11(3)15)18-20(16,17)14-7-5-10(2)19-14/h4-8H,1-3H3. The molecule has 0 saturated carbocycles. The first-order valence-electron chi connectivity index (χ1n) is 5.92. The Balaban J connectivity index is 2.42. The molecule has 0 atom stereocenters. The fraction of sp³-hybridized carbons (Fsp3) is 0.214. The molecular weight excluding hydrogens is 296 g/mol. The Morgan fingerprint density at radius 2 is 1.85 bits per heavy atom. The van der Waals surface area contributed by atoms with Gasteiger partial charge < -0.3 is 4.18 Å². The maximum atomic E-state index is 12.2. The van der Waals surface area contributed by atoms with Crippen LogP contribution in [0, 0.1) is 13.8 Å². The Morgan fingerprint density at radius 3 is 2.40 bits per heavy atom. The van der Waals surface area contributed by atoms with Crippen molar-refractivity contribution >= 4 is 27.2 Å². The summed E-state index contributed by atoms with van der Waals surface area (Å²) in [5.74, 6) is -0.171. The van der Waals surface area contributed by atoms with Crippen LogP contribution >= 0.6 is 11.3 Å². The average Bonchev–Trinajstić information content (AvgIpc) is 2.78. The summed E-state index contributed by atoms with van der Waals surface area (Å²) < 4.78 is 29.5. The van der Waals surface area contributed by atoms with E-state index < -0.39 is 10.1 Å². The summed E-state index contributed by atoms with van der Waals surface area (Å²) in [6.45, 7) is 5.02. The van der Waals surface area contributed by atoms with Gasteiger partial charge in [0, 0.05) is 4.88 Å². The van der Waals surface area contributed by atoms with E-state index in [1.165, 1.54) is 19.1 Å². The molecular formula is C14H14O4S2. The van der Waals surface area contributed by atoms with E-state index in [4.69, 9.17) is 4.18 Å². The minimum atomic E-state index is -3.90. The highest BCUT2D eigenvalue weighted by atomic mass is 32.3. The summed E-state index contributed by atoms with van der Waals surface area (Å²) >= 11 is 1.13. The molecule has 1 aromatic heterocycles. The number of Topliss-reactive ketones (excluding diaryl/α,β-unsaturated/α-hetero) is 1. The Hall–Kier alpha value is -1.66. The third-order valence-electron chi connectivity index (χ3n) is 2.68. The Bertz CT molecular complexity index is 757. The van der Waals surface area contributed by atoms with Crippen LogP contribution in [0.1, 0.15) is 27.7 Å². The fourth-order valence-corrected chi connectivity index (χ4v) is 3.89. The van der Waals surface area contributed by atoms with Crippen molar-refractivity contribution in [3.63, 3.8) is 0 Å². The molecule has 0 amide bonds. The lowest BCUT2D eigenvalue weighted by Crippen LogP contribution is -2.10. The molecule has 0 aliphatic heterocycles. The second-order valence-electron chi connectivity index (χ2n) is 4.46. The van der Waals surface area contributed by atoms with Gasteiger partial charge in [0.2, 0.25) is 0 Å². The zero-order valence-corrected chi connectivity index (χ0v) is 13.0. The van der Waals surface area contributed by atoms with Crippen molar-refractivity contribution < 1.29 is 17.4 Å². The number of carbonyl (C=O) groups excluding carboxylic acids is 1. The number of hydrogen-bond acceptors (Lipinski definition) is 5. The lowest BCUT2D eigenvalue weighted by Gasteiger charge is -2.09. The molecule has 0 fully saturated rings. The topological polar surface area (TPSA) is 60.4 Å². The van der Waals surface area contributed by atoms with Gasteiger partial charge in [-0.1, -0.05) is 11.6 Å². The molecule has 0 N–H and O–H groups in total. The highest BCUT2D eigenvalue weighted by Crippen LogP contribution is 2.27. The number of rotatable bonds is 4. The molecule has 20 heavy (non-hydrogen) atoms. The van der Waals surface area contributed by atoms with Crippen LogP contribution in [0.5, 0.6) is 5.75 Å². The van der Waals surface area contributed by atoms with Gasteiger partial charge >= 0.3 is 10.1 Å². The molecule has 0 aliphatic rings. The van der Waals surface area contributed by atoms with Gasteiger partial charge in [-0.2, -0.15) is 8.42 Å². The largest absolute Gasteiger partial charge is 0.378 e. The maximum absolute atomic E-state index is 12.2. The second-order valence-corrected chi connectivity index (χ2v) is 7.52. The van der Waals surface area contributed by atoms with Gasteiger partial charge in [-0.25, -0.2) is 0 Å². The molecule has 0 spiro atoms. The van der Waals surface area contributed by atoms with Gasteiger partial charge in [-0.15, -0.1) is 11.3 Å². The predicted molar refractivity (Wildman–Crippen MR) is 78.1 cm³/mol. The van der Waals surface area contributed by atoms with Crippen LogP contribution in [-0.4, -0.2) is 14.2 Å². The van der Waals surface area contributed by atoms with Crippen LogP contribution < -0.4 is 4.18 Å². The maximum Gasteiger partial charge on any atom is 0.348 e. The SMILES string of the molecule is CC(=O)c1cc(C)ccc1OS(=O)(=O)c1ccc(C)s1. The molecule has 0 bridgehead atoms. The van der Waals surface area contributed by atoms with Crippen molar-refractivity contribution in [2.75, 3.05) is 0 Å². The van der Waals surface area contributed by atoms with Crippen LogP contribution in [0.2, 0.25) is 0 Å². The van der Waals surface area contributed by atoms with Crippen LogP contribution in [0.15, 0.2) is 34.5 Å². The van der Waals surface area contributed by atoms with E-state index in [2.05, 4.69) is 0 Å². The Kier molecular flexibility index (Phi) is 3.96. The highest BCUT2D eigenvalue weighted by molar-refractivity contribution is 7.89. The van der Waals surface area contributed by atoms with E-state index in [1.807, 2.05) is 13.8 Å². The molecule has 106 valence electrons. The zero-order chi connectivity index (χ0) is 14.9. The molecule has 2 rings (SSSR count). The number of thiophene rings is 1. The normalized spacial score (nSPS) is 11.3. The number of benzene rings is 1. The minimum absolute atomic E-state index is 0.0640. The quantitative estimate of drug-likeness (QED) is 0.642. The molecule has 0 unspecified atom stereocenters. The minimum Gasteiger partial charge on any atom is -0.378 e. The zero-order valence-electron chi connectivity index (χ0n) is 11.3. The Labute approximate surface area is 122 Å². The number of hydrogen-bond donors (Lipinski definition) is 0. The third-order valence-corrected chi connectivity index (χ3v) is 5.36. The smallest absolute Gasteiger partial charge is 0.348 e. The monoisotopic (exact) mass is 310 g/mol. The van der Waals surface area contributed by atoms with Crippen LogP contribution in [0.4, 0.5) is 0 Å². The molecule has 1 aromatic carbocycles. The van der Waals surface area contributed by atoms with Crippen molar-refractivity contribution in [2.45, 2.75) is 25.0 Å². The lowest BCUT2D eigenvalue weighted by atomic mass is 10.1. The first kappa shape index (κ1) is 14.7. The van der Waals surface area contributed by atoms with E-state index >= 15 is 0 Å². The number of carbonyl (C=O) groups is 1. The van der Waals surface area contributed by atoms with E-state index in [0.29, 0.717) is 0 Å². The fourth-order valence-electron chi connectivity index (χ4n) is 1.70. The summed E-state index contributed by atoms with van der Waals surface area (Å²) in [5, 5.41) is 0. The first-order valence-corrected chi connectivity index (χ1v) is 8.14. The molecule has 0 radical (unpaired) electrons. The summed E-state index contributed by atoms with van der Waals surface area (Å²) in [7, 11) is -3.90. The van der Waals surface area contributed by atoms with Crippen molar-refractivity contribution in [2.24, 2.45) is 0 Å². The van der Waals surface area contributed by atoms with Gasteiger partial charge in [0.25, 0.3) is 0 Å². The van der Waals surface area contributed by atoms with Crippen LogP contribution in [0.25, 0.3) is 0 Å². The molecule has 4 nitrogen and oxygen atoms in total. The average molecular weight is 310 g/mol. The van der Waals surface area contributed by atoms with E-state index in [1.54, 1.807) is 18.2 Å². The van der Waals surface area contributed by atoms with Gasteiger partial charge in [-0.3, -0.25) is 4.79 Å². The van der Waals surface area contributed by atoms with E-state index in [0.717, 1.165) is 21.8 Å². The van der Waals surface area contributed by atoms with Crippen LogP contribution in [-0.2, 0) is 10.1 Å². The van der Waals surface area contributed by atoms with Crippen molar-refractivity contribution in [3.05, 3.63) is 46.3 Å². The molecule has 0 saturated heterocycles. The summed E-state index contributed by atoms with van der Waals surface area (Å²) in [6, 6.07) is 8.03. The van der Waals surface area contributed by atoms with Crippen molar-refractivity contribution in [3.8, 4) is 5.75 Å². The number of aryl methyl sites for hydroxylation is 2. The van der Waals surface area contributed by atoms with E-state index in [9.17, 15) is 13.2 Å². The van der Waals surface area contributed by atoms with Gasteiger partial charge in [0.1, 0.15) is 0 Å².